The highest BCUT2D eigenvalue weighted by molar-refractivity contribution is 5.88. The van der Waals surface area contributed by atoms with Crippen molar-refractivity contribution >= 4 is 39.2 Å². The van der Waals surface area contributed by atoms with E-state index in [1.54, 1.807) is 0 Å². The van der Waals surface area contributed by atoms with Gasteiger partial charge in [-0.15, -0.1) is 0 Å². The van der Waals surface area contributed by atoms with E-state index in [1.165, 1.54) is 75.6 Å². The molecule has 1 aliphatic carbocycles. The average molecular weight is 619 g/mol. The van der Waals surface area contributed by atoms with E-state index in [9.17, 15) is 0 Å². The fourth-order valence-corrected chi connectivity index (χ4v) is 8.13. The maximum absolute atomic E-state index is 2.62. The molecule has 0 amide bonds. The average Bonchev–Trinajstić information content (AvgIpc) is 3.50. The van der Waals surface area contributed by atoms with Crippen LogP contribution in [0.15, 0.2) is 170 Å². The zero-order valence-corrected chi connectivity index (χ0v) is 27.0. The van der Waals surface area contributed by atoms with Crippen LogP contribution in [0.3, 0.4) is 0 Å². The van der Waals surface area contributed by atoms with Gasteiger partial charge >= 0.3 is 0 Å². The summed E-state index contributed by atoms with van der Waals surface area (Å²) in [6.45, 7) is 0. The molecule has 0 aromatic heterocycles. The lowest BCUT2D eigenvalue weighted by Crippen LogP contribution is -2.32. The van der Waals surface area contributed by atoms with Gasteiger partial charge in [0.1, 0.15) is 0 Å². The van der Waals surface area contributed by atoms with Gasteiger partial charge in [0.2, 0.25) is 0 Å². The normalized spacial score (nSPS) is 16.8. The summed E-state index contributed by atoms with van der Waals surface area (Å²) in [5.74, 6) is 0.657. The highest BCUT2D eigenvalue weighted by Crippen LogP contribution is 2.51. The molecule has 9 rings (SSSR count). The lowest BCUT2D eigenvalue weighted by atomic mass is 9.82. The molecular weight excluding hydrogens is 581 g/mol. The summed E-state index contributed by atoms with van der Waals surface area (Å²) >= 11 is 0. The minimum absolute atomic E-state index is 0.576. The number of para-hydroxylation sites is 2. The van der Waals surface area contributed by atoms with Crippen LogP contribution in [0.25, 0.3) is 33.0 Å². The lowest BCUT2D eigenvalue weighted by molar-refractivity contribution is 0.402. The smallest absolute Gasteiger partial charge is 0.0462 e. The number of rotatable bonds is 6. The van der Waals surface area contributed by atoms with Crippen molar-refractivity contribution < 1.29 is 0 Å². The molecule has 7 aromatic rings. The molecule has 2 atom stereocenters. The van der Waals surface area contributed by atoms with Crippen molar-refractivity contribution in [2.75, 3.05) is 9.80 Å². The Morgan fingerprint density at radius 1 is 0.438 bits per heavy atom. The maximum Gasteiger partial charge on any atom is 0.0462 e. The Balaban J connectivity index is 0.996. The van der Waals surface area contributed by atoms with E-state index < -0.39 is 0 Å². The van der Waals surface area contributed by atoms with Crippen molar-refractivity contribution in [3.05, 3.63) is 175 Å². The van der Waals surface area contributed by atoms with Gasteiger partial charge in [-0.2, -0.15) is 0 Å². The second-order valence-corrected chi connectivity index (χ2v) is 13.3. The van der Waals surface area contributed by atoms with Crippen LogP contribution in [0, 0.1) is 0 Å². The van der Waals surface area contributed by atoms with E-state index in [2.05, 4.69) is 180 Å². The van der Waals surface area contributed by atoms with Gasteiger partial charge in [0.15, 0.2) is 0 Å². The number of hydrogen-bond acceptors (Lipinski definition) is 2. The Kier molecular flexibility index (Phi) is 7.28. The molecule has 1 aliphatic heterocycles. The maximum atomic E-state index is 2.62. The molecule has 0 spiro atoms. The van der Waals surface area contributed by atoms with E-state index >= 15 is 0 Å². The van der Waals surface area contributed by atoms with Gasteiger partial charge in [-0.05, 0) is 112 Å². The van der Waals surface area contributed by atoms with Crippen LogP contribution in [0.5, 0.6) is 0 Å². The summed E-state index contributed by atoms with van der Waals surface area (Å²) in [7, 11) is 0. The van der Waals surface area contributed by atoms with Crippen molar-refractivity contribution in [3.8, 4) is 22.3 Å². The van der Waals surface area contributed by atoms with Crippen molar-refractivity contribution in [3.63, 3.8) is 0 Å². The molecule has 2 unspecified atom stereocenters. The molecular formula is C46H38N2. The summed E-state index contributed by atoms with van der Waals surface area (Å²) in [6, 6.07) is 62.7. The van der Waals surface area contributed by atoms with E-state index in [1.807, 2.05) is 0 Å². The predicted octanol–water partition coefficient (Wildman–Crippen LogP) is 12.8. The molecule has 2 nitrogen and oxygen atoms in total. The van der Waals surface area contributed by atoms with E-state index in [0.29, 0.717) is 12.0 Å². The second-order valence-electron chi connectivity index (χ2n) is 13.3. The molecule has 2 aliphatic rings. The molecule has 2 heteroatoms. The highest BCUT2D eigenvalue weighted by atomic mass is 15.2. The van der Waals surface area contributed by atoms with Gasteiger partial charge < -0.3 is 9.80 Å². The first kappa shape index (κ1) is 28.6. The largest absolute Gasteiger partial charge is 0.338 e. The fraction of sp³-hybridized carbons (Fsp3) is 0.130. The Bertz CT molecular complexity index is 2180. The first-order valence-corrected chi connectivity index (χ1v) is 17.3. The van der Waals surface area contributed by atoms with Crippen LogP contribution in [-0.4, -0.2) is 6.04 Å². The van der Waals surface area contributed by atoms with Crippen LogP contribution in [0.4, 0.5) is 28.4 Å². The topological polar surface area (TPSA) is 6.48 Å². The molecule has 0 saturated heterocycles. The third kappa shape index (κ3) is 5.15. The van der Waals surface area contributed by atoms with Crippen LogP contribution >= 0.6 is 0 Å². The van der Waals surface area contributed by atoms with Crippen LogP contribution in [0.1, 0.15) is 37.2 Å². The van der Waals surface area contributed by atoms with E-state index in [4.69, 9.17) is 0 Å². The Labute approximate surface area is 283 Å². The third-order valence-electron chi connectivity index (χ3n) is 10.5. The Morgan fingerprint density at radius 3 is 1.71 bits per heavy atom. The SMILES string of the molecule is c1ccc(N(c2ccc(-c3ccc(N4c5ccccc5C5CCCCC54)cc3)cc2)c2ccc(-c3ccc4ccccc4c3)cc2)cc1. The van der Waals surface area contributed by atoms with Gasteiger partial charge in [0.25, 0.3) is 0 Å². The summed E-state index contributed by atoms with van der Waals surface area (Å²) in [4.78, 5) is 4.96. The Hall–Kier alpha value is -5.60. The summed E-state index contributed by atoms with van der Waals surface area (Å²) in [5.41, 5.74) is 12.6. The first-order chi connectivity index (χ1) is 23.8. The fourth-order valence-electron chi connectivity index (χ4n) is 8.13. The first-order valence-electron chi connectivity index (χ1n) is 17.3. The van der Waals surface area contributed by atoms with Crippen molar-refractivity contribution in [2.45, 2.75) is 37.6 Å². The third-order valence-corrected chi connectivity index (χ3v) is 10.5. The monoisotopic (exact) mass is 618 g/mol. The zero-order chi connectivity index (χ0) is 31.9. The van der Waals surface area contributed by atoms with Gasteiger partial charge in [0, 0.05) is 40.4 Å². The molecule has 0 radical (unpaired) electrons. The van der Waals surface area contributed by atoms with Crippen molar-refractivity contribution in [1.29, 1.82) is 0 Å². The van der Waals surface area contributed by atoms with E-state index in [0.717, 1.165) is 17.1 Å². The summed E-state index contributed by atoms with van der Waals surface area (Å²) in [6.07, 6.45) is 5.24. The molecule has 232 valence electrons. The second kappa shape index (κ2) is 12.2. The van der Waals surface area contributed by atoms with Gasteiger partial charge in [-0.1, -0.05) is 122 Å². The van der Waals surface area contributed by atoms with Gasteiger partial charge in [0.05, 0.1) is 0 Å². The number of benzene rings is 7. The molecule has 7 aromatic carbocycles. The van der Waals surface area contributed by atoms with Crippen molar-refractivity contribution in [2.24, 2.45) is 0 Å². The Morgan fingerprint density at radius 2 is 0.979 bits per heavy atom. The molecule has 0 bridgehead atoms. The highest BCUT2D eigenvalue weighted by Gasteiger charge is 2.40. The van der Waals surface area contributed by atoms with Crippen LogP contribution in [0.2, 0.25) is 0 Å². The number of nitrogens with zero attached hydrogens (tertiary/aromatic N) is 2. The van der Waals surface area contributed by atoms with Gasteiger partial charge in [-0.3, -0.25) is 0 Å². The molecule has 1 heterocycles. The summed E-state index contributed by atoms with van der Waals surface area (Å²) in [5, 5.41) is 2.53. The van der Waals surface area contributed by atoms with Crippen LogP contribution < -0.4 is 9.80 Å². The predicted molar refractivity (Wildman–Crippen MR) is 203 cm³/mol. The number of hydrogen-bond donors (Lipinski definition) is 0. The van der Waals surface area contributed by atoms with E-state index in [-0.39, 0.29) is 0 Å². The molecule has 48 heavy (non-hydrogen) atoms. The van der Waals surface area contributed by atoms with Crippen LogP contribution in [-0.2, 0) is 0 Å². The molecule has 1 fully saturated rings. The van der Waals surface area contributed by atoms with Gasteiger partial charge in [-0.25, -0.2) is 0 Å². The zero-order valence-electron chi connectivity index (χ0n) is 27.0. The number of anilines is 5. The minimum atomic E-state index is 0.576. The summed E-state index contributed by atoms with van der Waals surface area (Å²) < 4.78 is 0. The minimum Gasteiger partial charge on any atom is -0.338 e. The number of fused-ring (bicyclic) bond motifs is 4. The molecule has 1 saturated carbocycles. The van der Waals surface area contributed by atoms with Crippen molar-refractivity contribution in [1.82, 2.24) is 0 Å². The molecule has 0 N–H and O–H groups in total. The quantitative estimate of drug-likeness (QED) is 0.183. The lowest BCUT2D eigenvalue weighted by Gasteiger charge is -2.33. The standard InChI is InChI=1S/C46H38N2/c1-2-12-39(13-3-1)47(41-28-24-36(25-29-41)38-19-18-33-10-4-5-11-37(33)32-38)40-26-20-34(21-27-40)35-22-30-42(31-23-35)48-45-16-8-6-14-43(45)44-15-7-9-17-46(44)48/h1-6,8,10-14,16,18-32,44,46H,7,9,15,17H2.